The highest BCUT2D eigenvalue weighted by molar-refractivity contribution is 6.11. The van der Waals surface area contributed by atoms with Gasteiger partial charge in [0, 0.05) is 72.3 Å². The van der Waals surface area contributed by atoms with Crippen molar-refractivity contribution in [2.24, 2.45) is 15.3 Å². The van der Waals surface area contributed by atoms with Crippen LogP contribution >= 0.6 is 0 Å². The van der Waals surface area contributed by atoms with E-state index >= 15 is 0 Å². The van der Waals surface area contributed by atoms with E-state index in [-0.39, 0.29) is 0 Å². The van der Waals surface area contributed by atoms with Crippen molar-refractivity contribution in [2.45, 2.75) is 26.7 Å². The SMILES string of the molecule is C/C(CC(C/C(C)=N/N(C)C)=NN(C)C)=N\N(C)C. The molecule has 0 aromatic heterocycles. The smallest absolute Gasteiger partial charge is 0.0493 e. The first-order chi connectivity index (χ1) is 8.70. The van der Waals surface area contributed by atoms with Crippen molar-refractivity contribution >= 4 is 17.1 Å². The van der Waals surface area contributed by atoms with E-state index in [0.717, 1.165) is 30.0 Å². The Morgan fingerprint density at radius 3 is 1.21 bits per heavy atom. The first-order valence-corrected chi connectivity index (χ1v) is 6.37. The summed E-state index contributed by atoms with van der Waals surface area (Å²) in [7, 11) is 11.5. The van der Waals surface area contributed by atoms with E-state index in [1.54, 1.807) is 0 Å². The molecule has 0 atom stereocenters. The third kappa shape index (κ3) is 10.1. The highest BCUT2D eigenvalue weighted by Gasteiger charge is 2.06. The van der Waals surface area contributed by atoms with Crippen molar-refractivity contribution in [1.82, 2.24) is 15.0 Å². The van der Waals surface area contributed by atoms with Gasteiger partial charge in [0.05, 0.1) is 0 Å². The van der Waals surface area contributed by atoms with Crippen molar-refractivity contribution in [3.05, 3.63) is 0 Å². The summed E-state index contributed by atoms with van der Waals surface area (Å²) in [5.74, 6) is 0. The molecule has 0 fully saturated rings. The fourth-order valence-corrected chi connectivity index (χ4v) is 1.76. The zero-order chi connectivity index (χ0) is 15.0. The van der Waals surface area contributed by atoms with Gasteiger partial charge in [-0.3, -0.25) is 0 Å². The number of hydrazone groups is 3. The Kier molecular flexibility index (Phi) is 7.79. The van der Waals surface area contributed by atoms with Crippen molar-refractivity contribution in [3.8, 4) is 0 Å². The lowest BCUT2D eigenvalue weighted by Crippen LogP contribution is -2.17. The number of nitrogens with zero attached hydrogens (tertiary/aromatic N) is 6. The minimum atomic E-state index is 0.761. The van der Waals surface area contributed by atoms with Crippen LogP contribution in [0.25, 0.3) is 0 Å². The molecule has 0 saturated heterocycles. The second kappa shape index (κ2) is 8.50. The van der Waals surface area contributed by atoms with Gasteiger partial charge >= 0.3 is 0 Å². The molecular formula is C13H28N6. The van der Waals surface area contributed by atoms with Gasteiger partial charge in [-0.2, -0.15) is 15.3 Å². The van der Waals surface area contributed by atoms with Crippen LogP contribution in [0.4, 0.5) is 0 Å². The Hall–Kier alpha value is -1.59. The maximum absolute atomic E-state index is 4.52. The van der Waals surface area contributed by atoms with Gasteiger partial charge in [-0.1, -0.05) is 0 Å². The van der Waals surface area contributed by atoms with Crippen molar-refractivity contribution < 1.29 is 0 Å². The monoisotopic (exact) mass is 268 g/mol. The molecule has 0 aromatic rings. The van der Waals surface area contributed by atoms with Crippen LogP contribution in [0, 0.1) is 0 Å². The lowest BCUT2D eigenvalue weighted by Gasteiger charge is -2.13. The second-order valence-electron chi connectivity index (χ2n) is 5.23. The molecule has 0 aliphatic heterocycles. The van der Waals surface area contributed by atoms with Crippen LogP contribution in [0.5, 0.6) is 0 Å². The van der Waals surface area contributed by atoms with Crippen molar-refractivity contribution in [2.75, 3.05) is 42.3 Å². The average molecular weight is 268 g/mol. The molecule has 0 spiro atoms. The van der Waals surface area contributed by atoms with Gasteiger partial charge in [0.25, 0.3) is 0 Å². The average Bonchev–Trinajstić information content (AvgIpc) is 2.11. The molecular weight excluding hydrogens is 240 g/mol. The molecule has 6 heteroatoms. The summed E-state index contributed by atoms with van der Waals surface area (Å²) in [5.41, 5.74) is 3.16. The van der Waals surface area contributed by atoms with Gasteiger partial charge in [0.15, 0.2) is 0 Å². The van der Waals surface area contributed by atoms with E-state index in [1.165, 1.54) is 0 Å². The molecule has 0 unspecified atom stereocenters. The maximum Gasteiger partial charge on any atom is 0.0493 e. The van der Waals surface area contributed by atoms with Crippen LogP contribution in [0.3, 0.4) is 0 Å². The van der Waals surface area contributed by atoms with Gasteiger partial charge in [0.2, 0.25) is 0 Å². The minimum Gasteiger partial charge on any atom is -0.303 e. The third-order valence-electron chi connectivity index (χ3n) is 2.00. The minimum absolute atomic E-state index is 0.761. The van der Waals surface area contributed by atoms with Gasteiger partial charge in [-0.05, 0) is 13.8 Å². The molecule has 0 heterocycles. The van der Waals surface area contributed by atoms with Crippen LogP contribution in [0.2, 0.25) is 0 Å². The van der Waals surface area contributed by atoms with Crippen LogP contribution in [-0.4, -0.2) is 74.4 Å². The van der Waals surface area contributed by atoms with E-state index in [2.05, 4.69) is 15.3 Å². The zero-order valence-corrected chi connectivity index (χ0v) is 13.6. The zero-order valence-electron chi connectivity index (χ0n) is 13.6. The van der Waals surface area contributed by atoms with E-state index in [4.69, 9.17) is 0 Å². The Morgan fingerprint density at radius 2 is 0.947 bits per heavy atom. The maximum atomic E-state index is 4.52. The number of hydrogen-bond donors (Lipinski definition) is 0. The summed E-state index contributed by atoms with van der Waals surface area (Å²) in [4.78, 5) is 0. The van der Waals surface area contributed by atoms with Crippen LogP contribution in [0.1, 0.15) is 26.7 Å². The number of hydrogen-bond acceptors (Lipinski definition) is 6. The van der Waals surface area contributed by atoms with Crippen molar-refractivity contribution in [3.63, 3.8) is 0 Å². The summed E-state index contributed by atoms with van der Waals surface area (Å²) >= 11 is 0. The van der Waals surface area contributed by atoms with Gasteiger partial charge in [-0.15, -0.1) is 0 Å². The number of rotatable bonds is 7. The van der Waals surface area contributed by atoms with E-state index in [1.807, 2.05) is 71.2 Å². The van der Waals surface area contributed by atoms with Gasteiger partial charge < -0.3 is 15.0 Å². The molecule has 0 aliphatic carbocycles. The second-order valence-corrected chi connectivity index (χ2v) is 5.23. The highest BCUT2D eigenvalue weighted by atomic mass is 15.4. The normalized spacial score (nSPS) is 12.2. The summed E-state index contributed by atoms with van der Waals surface area (Å²) < 4.78 is 0. The first kappa shape index (κ1) is 17.4. The summed E-state index contributed by atoms with van der Waals surface area (Å²) in [5, 5.41) is 18.7. The molecule has 110 valence electrons. The standard InChI is InChI=1S/C13H28N6/c1-11(14-17(3)4)9-13(16-19(7)8)10-12(2)15-18(5)6/h9-10H2,1-8H3/b14-11+,15-12+. The lowest BCUT2D eigenvalue weighted by molar-refractivity contribution is 0.432. The fourth-order valence-electron chi connectivity index (χ4n) is 1.76. The van der Waals surface area contributed by atoms with E-state index in [9.17, 15) is 0 Å². The molecule has 19 heavy (non-hydrogen) atoms. The summed E-state index contributed by atoms with van der Waals surface area (Å²) in [6.07, 6.45) is 1.52. The van der Waals surface area contributed by atoms with Crippen LogP contribution < -0.4 is 0 Å². The molecule has 0 rings (SSSR count). The van der Waals surface area contributed by atoms with Crippen molar-refractivity contribution in [1.29, 1.82) is 0 Å². The third-order valence-corrected chi connectivity index (χ3v) is 2.00. The van der Waals surface area contributed by atoms with Gasteiger partial charge in [0.1, 0.15) is 0 Å². The molecule has 6 nitrogen and oxygen atoms in total. The predicted molar refractivity (Wildman–Crippen MR) is 83.9 cm³/mol. The molecule has 0 radical (unpaired) electrons. The molecule has 0 bridgehead atoms. The van der Waals surface area contributed by atoms with E-state index < -0.39 is 0 Å². The Balaban J connectivity index is 4.85. The highest BCUT2D eigenvalue weighted by Crippen LogP contribution is 2.02. The summed E-state index contributed by atoms with van der Waals surface area (Å²) in [6, 6.07) is 0. The summed E-state index contributed by atoms with van der Waals surface area (Å²) in [6.45, 7) is 4.03. The molecule has 0 saturated carbocycles. The molecule has 0 amide bonds. The quantitative estimate of drug-likeness (QED) is 0.520. The molecule has 0 aromatic carbocycles. The molecule has 0 N–H and O–H groups in total. The Labute approximate surface area is 117 Å². The van der Waals surface area contributed by atoms with Crippen LogP contribution in [0.15, 0.2) is 15.3 Å². The topological polar surface area (TPSA) is 46.8 Å². The Morgan fingerprint density at radius 1 is 0.632 bits per heavy atom. The first-order valence-electron chi connectivity index (χ1n) is 6.37. The lowest BCUT2D eigenvalue weighted by atomic mass is 10.1. The van der Waals surface area contributed by atoms with E-state index in [0.29, 0.717) is 0 Å². The Bertz CT molecular complexity index is 324. The largest absolute Gasteiger partial charge is 0.303 e. The molecule has 0 aliphatic rings. The predicted octanol–water partition coefficient (Wildman–Crippen LogP) is 1.56. The van der Waals surface area contributed by atoms with Gasteiger partial charge in [-0.25, -0.2) is 0 Å². The fraction of sp³-hybridized carbons (Fsp3) is 0.769. The van der Waals surface area contributed by atoms with Crippen LogP contribution in [-0.2, 0) is 0 Å².